The van der Waals surface area contributed by atoms with Crippen molar-refractivity contribution in [2.45, 2.75) is 0 Å². The lowest BCUT2D eigenvalue weighted by Crippen LogP contribution is -1.93. The largest absolute Gasteiger partial charge is 0.317 e. The Hall–Kier alpha value is -4.18. The lowest BCUT2D eigenvalue weighted by Gasteiger charge is -2.09. The van der Waals surface area contributed by atoms with Gasteiger partial charge in [-0.15, -0.1) is 0 Å². The predicted octanol–water partition coefficient (Wildman–Crippen LogP) is 6.87. The highest BCUT2D eigenvalue weighted by Gasteiger charge is 2.15. The van der Waals surface area contributed by atoms with E-state index in [0.717, 1.165) is 22.2 Å². The molecule has 5 rings (SSSR count). The van der Waals surface area contributed by atoms with Gasteiger partial charge in [-0.2, -0.15) is 0 Å². The molecule has 0 atom stereocenters. The molecule has 1 heterocycles. The van der Waals surface area contributed by atoms with E-state index >= 15 is 0 Å². The van der Waals surface area contributed by atoms with Crippen LogP contribution in [0.15, 0.2) is 109 Å². The Bertz CT molecular complexity index is 1350. The monoisotopic (exact) mass is 390 g/mol. The van der Waals surface area contributed by atoms with Crippen molar-refractivity contribution in [3.05, 3.63) is 119 Å². The molecule has 0 bridgehead atoms. The molecular weight excluding hydrogens is 372 g/mol. The van der Waals surface area contributed by atoms with Crippen molar-refractivity contribution < 1.29 is 4.92 Å². The molecule has 0 saturated heterocycles. The van der Waals surface area contributed by atoms with Crippen molar-refractivity contribution >= 4 is 16.6 Å². The van der Waals surface area contributed by atoms with Gasteiger partial charge in [0.2, 0.25) is 0 Å². The van der Waals surface area contributed by atoms with Gasteiger partial charge in [-0.3, -0.25) is 10.1 Å². The number of para-hydroxylation sites is 1. The van der Waals surface area contributed by atoms with Gasteiger partial charge in [0.25, 0.3) is 5.69 Å². The number of nitro benzene ring substituents is 1. The van der Waals surface area contributed by atoms with Crippen LogP contribution in [0.5, 0.6) is 0 Å². The minimum atomic E-state index is -0.334. The Kier molecular flexibility index (Phi) is 4.37. The van der Waals surface area contributed by atoms with E-state index in [2.05, 4.69) is 41.0 Å². The molecule has 30 heavy (non-hydrogen) atoms. The molecule has 0 amide bonds. The fourth-order valence-electron chi connectivity index (χ4n) is 3.86. The molecule has 0 aliphatic heterocycles. The number of nitro groups is 1. The molecule has 4 heteroatoms. The van der Waals surface area contributed by atoms with Gasteiger partial charge in [-0.05, 0) is 53.1 Å². The highest BCUT2D eigenvalue weighted by molar-refractivity contribution is 5.88. The van der Waals surface area contributed by atoms with Crippen LogP contribution in [0.4, 0.5) is 5.69 Å². The third-order valence-corrected chi connectivity index (χ3v) is 5.35. The van der Waals surface area contributed by atoms with Gasteiger partial charge < -0.3 is 4.57 Å². The molecular formula is C26H18N2O2. The maximum Gasteiger partial charge on any atom is 0.277 e. The molecule has 0 fully saturated rings. The first kappa shape index (κ1) is 17.9. The molecule has 144 valence electrons. The maximum atomic E-state index is 11.4. The number of hydrogen-bond donors (Lipinski definition) is 0. The summed E-state index contributed by atoms with van der Waals surface area (Å²) in [6.07, 6.45) is 2.03. The first-order valence-electron chi connectivity index (χ1n) is 9.71. The molecule has 4 aromatic carbocycles. The van der Waals surface area contributed by atoms with Crippen LogP contribution in [0, 0.1) is 10.1 Å². The Morgan fingerprint density at radius 3 is 2.10 bits per heavy atom. The van der Waals surface area contributed by atoms with Crippen LogP contribution >= 0.6 is 0 Å². The van der Waals surface area contributed by atoms with Crippen LogP contribution in [0.2, 0.25) is 0 Å². The standard InChI is InChI=1S/C26H18N2O2/c29-28(30)26-9-5-4-8-24(26)21-12-15-25-22(18-21)16-17-27(25)23-13-10-20(11-14-23)19-6-2-1-3-7-19/h1-18H. The minimum absolute atomic E-state index is 0.118. The maximum absolute atomic E-state index is 11.4. The van der Waals surface area contributed by atoms with Gasteiger partial charge in [0.15, 0.2) is 0 Å². The van der Waals surface area contributed by atoms with E-state index in [-0.39, 0.29) is 10.6 Å². The van der Waals surface area contributed by atoms with E-state index in [1.54, 1.807) is 18.2 Å². The molecule has 0 N–H and O–H groups in total. The fraction of sp³-hybridized carbons (Fsp3) is 0. The molecule has 4 nitrogen and oxygen atoms in total. The molecule has 5 aromatic rings. The molecule has 0 spiro atoms. The van der Waals surface area contributed by atoms with E-state index in [0.29, 0.717) is 5.56 Å². The number of benzene rings is 4. The Morgan fingerprint density at radius 1 is 0.667 bits per heavy atom. The van der Waals surface area contributed by atoms with Crippen LogP contribution < -0.4 is 0 Å². The Balaban J connectivity index is 1.53. The van der Waals surface area contributed by atoms with Crippen LogP contribution in [0.25, 0.3) is 38.8 Å². The van der Waals surface area contributed by atoms with Gasteiger partial charge in [-0.1, -0.05) is 60.7 Å². The zero-order valence-electron chi connectivity index (χ0n) is 16.1. The zero-order valence-corrected chi connectivity index (χ0v) is 16.1. The second-order valence-electron chi connectivity index (χ2n) is 7.15. The summed E-state index contributed by atoms with van der Waals surface area (Å²) in [5, 5.41) is 12.4. The molecule has 0 aliphatic carbocycles. The molecule has 1 aromatic heterocycles. The van der Waals surface area contributed by atoms with Crippen LogP contribution in [0.3, 0.4) is 0 Å². The second kappa shape index (κ2) is 7.33. The summed E-state index contributed by atoms with van der Waals surface area (Å²) in [5.41, 5.74) is 6.09. The van der Waals surface area contributed by atoms with E-state index < -0.39 is 0 Å². The van der Waals surface area contributed by atoms with Crippen LogP contribution in [0.1, 0.15) is 0 Å². The van der Waals surface area contributed by atoms with E-state index in [1.807, 2.05) is 54.7 Å². The smallest absolute Gasteiger partial charge is 0.277 e. The summed E-state index contributed by atoms with van der Waals surface area (Å²) in [6, 6.07) is 33.6. The number of nitrogens with zero attached hydrogens (tertiary/aromatic N) is 2. The van der Waals surface area contributed by atoms with Crippen LogP contribution in [-0.4, -0.2) is 9.49 Å². The van der Waals surface area contributed by atoms with Crippen molar-refractivity contribution in [3.8, 4) is 27.9 Å². The average molecular weight is 390 g/mol. The third-order valence-electron chi connectivity index (χ3n) is 5.35. The molecule has 0 aliphatic rings. The summed E-state index contributed by atoms with van der Waals surface area (Å²) in [4.78, 5) is 11.0. The summed E-state index contributed by atoms with van der Waals surface area (Å²) in [6.45, 7) is 0. The Labute approximate surface area is 173 Å². The first-order chi connectivity index (χ1) is 14.7. The zero-order chi connectivity index (χ0) is 20.5. The van der Waals surface area contributed by atoms with E-state index in [4.69, 9.17) is 0 Å². The fourth-order valence-corrected chi connectivity index (χ4v) is 3.86. The highest BCUT2D eigenvalue weighted by atomic mass is 16.6. The summed E-state index contributed by atoms with van der Waals surface area (Å²) >= 11 is 0. The highest BCUT2D eigenvalue weighted by Crippen LogP contribution is 2.32. The van der Waals surface area contributed by atoms with Crippen molar-refractivity contribution in [1.82, 2.24) is 4.57 Å². The topological polar surface area (TPSA) is 48.1 Å². The van der Waals surface area contributed by atoms with Crippen LogP contribution in [-0.2, 0) is 0 Å². The van der Waals surface area contributed by atoms with Gasteiger partial charge in [0.05, 0.1) is 16.0 Å². The summed E-state index contributed by atoms with van der Waals surface area (Å²) < 4.78 is 2.13. The van der Waals surface area contributed by atoms with Crippen molar-refractivity contribution in [3.63, 3.8) is 0 Å². The molecule has 0 radical (unpaired) electrons. The van der Waals surface area contributed by atoms with Gasteiger partial charge in [0.1, 0.15) is 0 Å². The summed E-state index contributed by atoms with van der Waals surface area (Å²) in [7, 11) is 0. The van der Waals surface area contributed by atoms with Gasteiger partial charge in [-0.25, -0.2) is 0 Å². The number of aromatic nitrogens is 1. The van der Waals surface area contributed by atoms with Crippen molar-refractivity contribution in [2.75, 3.05) is 0 Å². The lowest BCUT2D eigenvalue weighted by molar-refractivity contribution is -0.384. The number of rotatable bonds is 4. The molecule has 0 saturated carbocycles. The van der Waals surface area contributed by atoms with E-state index in [9.17, 15) is 10.1 Å². The van der Waals surface area contributed by atoms with E-state index in [1.165, 1.54) is 11.1 Å². The van der Waals surface area contributed by atoms with Crippen molar-refractivity contribution in [1.29, 1.82) is 0 Å². The second-order valence-corrected chi connectivity index (χ2v) is 7.15. The SMILES string of the molecule is O=[N+]([O-])c1ccccc1-c1ccc2c(ccn2-c2ccc(-c3ccccc3)cc2)c1. The lowest BCUT2D eigenvalue weighted by atomic mass is 10.0. The first-order valence-corrected chi connectivity index (χ1v) is 9.71. The number of hydrogen-bond acceptors (Lipinski definition) is 2. The Morgan fingerprint density at radius 2 is 1.33 bits per heavy atom. The summed E-state index contributed by atoms with van der Waals surface area (Å²) in [5.74, 6) is 0. The normalized spacial score (nSPS) is 10.9. The van der Waals surface area contributed by atoms with Gasteiger partial charge in [0, 0.05) is 23.3 Å². The predicted molar refractivity (Wildman–Crippen MR) is 121 cm³/mol. The van der Waals surface area contributed by atoms with Crippen molar-refractivity contribution in [2.24, 2.45) is 0 Å². The minimum Gasteiger partial charge on any atom is -0.317 e. The number of fused-ring (bicyclic) bond motifs is 1. The average Bonchev–Trinajstić information content (AvgIpc) is 3.23. The third kappa shape index (κ3) is 3.14. The van der Waals surface area contributed by atoms with Gasteiger partial charge >= 0.3 is 0 Å². The molecule has 0 unspecified atom stereocenters. The quantitative estimate of drug-likeness (QED) is 0.248.